The maximum absolute atomic E-state index is 12.3. The largest absolute Gasteiger partial charge is 0.481 e. The summed E-state index contributed by atoms with van der Waals surface area (Å²) >= 11 is 0. The molecule has 1 unspecified atom stereocenters. The number of amides is 1. The van der Waals surface area contributed by atoms with Crippen molar-refractivity contribution in [3.63, 3.8) is 0 Å². The smallest absolute Gasteiger partial charge is 0.305 e. The first-order valence-electron chi connectivity index (χ1n) is 6.99. The number of aliphatic carboxylic acids is 1. The minimum atomic E-state index is -3.86. The molecule has 24 heavy (non-hydrogen) atoms. The molecule has 2 N–H and O–H groups in total. The molecule has 1 atom stereocenters. The third-order valence-corrected chi connectivity index (χ3v) is 4.94. The summed E-state index contributed by atoms with van der Waals surface area (Å²) in [5, 5.41) is 11.4. The number of carbonyl (C=O) groups is 2. The Morgan fingerprint density at radius 3 is 2.62 bits per heavy atom. The number of nitrogens with zero attached hydrogens (tertiary/aromatic N) is 2. The number of ether oxygens (including phenoxy) is 1. The second-order valence-corrected chi connectivity index (χ2v) is 7.61. The first kappa shape index (κ1) is 20.0. The Morgan fingerprint density at radius 1 is 1.46 bits per heavy atom. The predicted molar refractivity (Wildman–Crippen MR) is 84.7 cm³/mol. The highest BCUT2D eigenvalue weighted by atomic mass is 32.2. The van der Waals surface area contributed by atoms with Crippen LogP contribution in [-0.2, 0) is 24.3 Å². The van der Waals surface area contributed by atoms with Gasteiger partial charge in [0.05, 0.1) is 25.1 Å². The number of nitrogens with one attached hydrogen (secondary N) is 1. The van der Waals surface area contributed by atoms with Crippen LogP contribution >= 0.6 is 0 Å². The highest BCUT2D eigenvalue weighted by Gasteiger charge is 2.31. The molecule has 1 aromatic rings. The topological polar surface area (TPSA) is 126 Å². The van der Waals surface area contributed by atoms with Crippen molar-refractivity contribution < 1.29 is 27.9 Å². The molecule has 134 valence electrons. The molecule has 0 bridgehead atoms. The van der Waals surface area contributed by atoms with Gasteiger partial charge in [0.1, 0.15) is 4.90 Å². The first-order chi connectivity index (χ1) is 11.1. The Labute approximate surface area is 140 Å². The van der Waals surface area contributed by atoms with Gasteiger partial charge in [0.2, 0.25) is 15.9 Å². The minimum absolute atomic E-state index is 0.0237. The maximum Gasteiger partial charge on any atom is 0.305 e. The molecular formula is C14H21N3O6S. The van der Waals surface area contributed by atoms with Crippen LogP contribution in [0.15, 0.2) is 29.4 Å². The van der Waals surface area contributed by atoms with E-state index in [-0.39, 0.29) is 17.9 Å². The lowest BCUT2D eigenvalue weighted by Gasteiger charge is -2.29. The number of carboxylic acid groups (broad SMARTS) is 1. The lowest BCUT2D eigenvalue weighted by molar-refractivity contribution is -0.139. The second kappa shape index (κ2) is 8.18. The van der Waals surface area contributed by atoms with Crippen LogP contribution in [-0.4, -0.2) is 67.5 Å². The van der Waals surface area contributed by atoms with Crippen LogP contribution in [0.25, 0.3) is 0 Å². The highest BCUT2D eigenvalue weighted by molar-refractivity contribution is 7.89. The van der Waals surface area contributed by atoms with E-state index in [0.29, 0.717) is 0 Å². The van der Waals surface area contributed by atoms with Crippen LogP contribution in [0.3, 0.4) is 0 Å². The fourth-order valence-corrected chi connectivity index (χ4v) is 3.22. The normalized spacial score (nSPS) is 14.2. The number of pyridine rings is 1. The van der Waals surface area contributed by atoms with Gasteiger partial charge in [0.25, 0.3) is 0 Å². The SMILES string of the molecule is COCC(C)(CC(=O)O)NC(=O)CN(C)S(=O)(=O)c1cccnc1. The quantitative estimate of drug-likeness (QED) is 0.620. The summed E-state index contributed by atoms with van der Waals surface area (Å²) in [6, 6.07) is 2.85. The molecule has 1 rings (SSSR count). The first-order valence-corrected chi connectivity index (χ1v) is 8.43. The number of aromatic nitrogens is 1. The molecule has 0 radical (unpaired) electrons. The van der Waals surface area contributed by atoms with Crippen molar-refractivity contribution in [2.24, 2.45) is 0 Å². The molecule has 0 saturated carbocycles. The summed E-state index contributed by atoms with van der Waals surface area (Å²) in [6.45, 7) is 1.03. The maximum atomic E-state index is 12.3. The van der Waals surface area contributed by atoms with Crippen molar-refractivity contribution >= 4 is 21.9 Å². The fourth-order valence-electron chi connectivity index (χ4n) is 2.13. The van der Waals surface area contributed by atoms with Crippen molar-refractivity contribution in [3.8, 4) is 0 Å². The number of carbonyl (C=O) groups excluding carboxylic acids is 1. The van der Waals surface area contributed by atoms with E-state index in [2.05, 4.69) is 10.3 Å². The van der Waals surface area contributed by atoms with E-state index in [0.717, 1.165) is 4.31 Å². The molecule has 0 aliphatic heterocycles. The summed E-state index contributed by atoms with van der Waals surface area (Å²) in [6.07, 6.45) is 2.27. The molecule has 0 aromatic carbocycles. The standard InChI is InChI=1S/C14H21N3O6S/c1-14(10-23-3,7-13(19)20)16-12(18)9-17(2)24(21,22)11-5-4-6-15-8-11/h4-6,8H,7,9-10H2,1-3H3,(H,16,18)(H,19,20). The lowest BCUT2D eigenvalue weighted by atomic mass is 9.99. The van der Waals surface area contributed by atoms with Crippen LogP contribution in [0.5, 0.6) is 0 Å². The Morgan fingerprint density at radius 2 is 2.12 bits per heavy atom. The summed E-state index contributed by atoms with van der Waals surface area (Å²) in [4.78, 5) is 26.7. The van der Waals surface area contributed by atoms with Crippen LogP contribution in [0.1, 0.15) is 13.3 Å². The van der Waals surface area contributed by atoms with E-state index in [9.17, 15) is 18.0 Å². The van der Waals surface area contributed by atoms with Crippen molar-refractivity contribution in [2.75, 3.05) is 27.3 Å². The molecule has 10 heteroatoms. The zero-order valence-electron chi connectivity index (χ0n) is 13.7. The van der Waals surface area contributed by atoms with E-state index in [1.54, 1.807) is 0 Å². The molecule has 1 aromatic heterocycles. The average Bonchev–Trinajstić information content (AvgIpc) is 2.46. The number of hydrogen-bond donors (Lipinski definition) is 2. The zero-order chi connectivity index (χ0) is 18.4. The molecular weight excluding hydrogens is 338 g/mol. The Hall–Kier alpha value is -2.04. The third-order valence-electron chi connectivity index (χ3n) is 3.15. The van der Waals surface area contributed by atoms with Gasteiger partial charge in [-0.15, -0.1) is 0 Å². The van der Waals surface area contributed by atoms with E-state index in [1.807, 2.05) is 0 Å². The number of carboxylic acids is 1. The van der Waals surface area contributed by atoms with Gasteiger partial charge in [-0.1, -0.05) is 0 Å². The van der Waals surface area contributed by atoms with Crippen molar-refractivity contribution in [3.05, 3.63) is 24.5 Å². The number of likely N-dealkylation sites (N-methyl/N-ethyl adjacent to an activating group) is 1. The van der Waals surface area contributed by atoms with Gasteiger partial charge in [0.15, 0.2) is 0 Å². The van der Waals surface area contributed by atoms with Crippen LogP contribution in [0, 0.1) is 0 Å². The number of rotatable bonds is 9. The average molecular weight is 359 g/mol. The van der Waals surface area contributed by atoms with Gasteiger partial charge in [-0.3, -0.25) is 14.6 Å². The fraction of sp³-hybridized carbons (Fsp3) is 0.500. The molecule has 0 aliphatic rings. The summed E-state index contributed by atoms with van der Waals surface area (Å²) in [5.41, 5.74) is -1.14. The van der Waals surface area contributed by atoms with E-state index in [1.165, 1.54) is 45.6 Å². The molecule has 1 amide bonds. The molecule has 0 saturated heterocycles. The second-order valence-electron chi connectivity index (χ2n) is 5.56. The minimum Gasteiger partial charge on any atom is -0.481 e. The van der Waals surface area contributed by atoms with Crippen molar-refractivity contribution in [1.29, 1.82) is 0 Å². The van der Waals surface area contributed by atoms with Gasteiger partial charge in [-0.25, -0.2) is 8.42 Å². The third kappa shape index (κ3) is 5.55. The molecule has 0 aliphatic carbocycles. The molecule has 1 heterocycles. The predicted octanol–water partition coefficient (Wildman–Crippen LogP) is -0.302. The van der Waals surface area contributed by atoms with Gasteiger partial charge >= 0.3 is 5.97 Å². The monoisotopic (exact) mass is 359 g/mol. The Kier molecular flexibility index (Phi) is 6.81. The molecule has 9 nitrogen and oxygen atoms in total. The number of methoxy groups -OCH3 is 1. The van der Waals surface area contributed by atoms with Crippen molar-refractivity contribution in [1.82, 2.24) is 14.6 Å². The van der Waals surface area contributed by atoms with E-state index < -0.39 is 34.0 Å². The van der Waals surface area contributed by atoms with Gasteiger partial charge in [0, 0.05) is 26.6 Å². The molecule has 0 fully saturated rings. The summed E-state index contributed by atoms with van der Waals surface area (Å²) in [7, 11) is -1.23. The number of hydrogen-bond acceptors (Lipinski definition) is 6. The lowest BCUT2D eigenvalue weighted by Crippen LogP contribution is -2.53. The zero-order valence-corrected chi connectivity index (χ0v) is 14.5. The van der Waals surface area contributed by atoms with Crippen LogP contribution in [0.4, 0.5) is 0 Å². The van der Waals surface area contributed by atoms with Gasteiger partial charge < -0.3 is 15.2 Å². The van der Waals surface area contributed by atoms with E-state index in [4.69, 9.17) is 9.84 Å². The van der Waals surface area contributed by atoms with Crippen LogP contribution in [0.2, 0.25) is 0 Å². The molecule has 0 spiro atoms. The van der Waals surface area contributed by atoms with Gasteiger partial charge in [-0.2, -0.15) is 4.31 Å². The van der Waals surface area contributed by atoms with E-state index >= 15 is 0 Å². The Balaban J connectivity index is 2.81. The summed E-state index contributed by atoms with van der Waals surface area (Å²) < 4.78 is 30.4. The number of sulfonamides is 1. The highest BCUT2D eigenvalue weighted by Crippen LogP contribution is 2.13. The summed E-state index contributed by atoms with van der Waals surface area (Å²) in [5.74, 6) is -1.74. The van der Waals surface area contributed by atoms with Crippen LogP contribution < -0.4 is 5.32 Å². The van der Waals surface area contributed by atoms with Crippen molar-refractivity contribution in [2.45, 2.75) is 23.8 Å². The van der Waals surface area contributed by atoms with Gasteiger partial charge in [-0.05, 0) is 19.1 Å². The Bertz CT molecular complexity index is 679.